The van der Waals surface area contributed by atoms with Crippen molar-refractivity contribution in [3.63, 3.8) is 0 Å². The van der Waals surface area contributed by atoms with Gasteiger partial charge >= 0.3 is 0 Å². The molecule has 1 aliphatic heterocycles. The number of ether oxygens (including phenoxy) is 1. The molecule has 1 N–H and O–H groups in total. The van der Waals surface area contributed by atoms with Crippen molar-refractivity contribution in [2.75, 3.05) is 17.3 Å². The molecule has 168 valence electrons. The van der Waals surface area contributed by atoms with Gasteiger partial charge < -0.3 is 10.1 Å². The normalized spacial score (nSPS) is 12.7. The van der Waals surface area contributed by atoms with E-state index in [1.54, 1.807) is 18.2 Å². The lowest BCUT2D eigenvalue weighted by atomic mass is 10.1. The van der Waals surface area contributed by atoms with Crippen LogP contribution in [-0.2, 0) is 0 Å². The molecule has 0 bridgehead atoms. The number of amides is 3. The molecule has 33 heavy (non-hydrogen) atoms. The van der Waals surface area contributed by atoms with Crippen LogP contribution in [0.1, 0.15) is 31.1 Å². The first-order valence-electron chi connectivity index (χ1n) is 9.15. The lowest BCUT2D eigenvalue weighted by Crippen LogP contribution is -2.29. The van der Waals surface area contributed by atoms with E-state index in [0.29, 0.717) is 45.6 Å². The Balaban J connectivity index is 1.63. The highest BCUT2D eigenvalue weighted by Crippen LogP contribution is 2.46. The molecular weight excluding hydrogens is 711 g/mol. The Hall–Kier alpha value is -1.72. The number of carbonyl (C=O) groups excluding carboxylic acids is 3. The van der Waals surface area contributed by atoms with Crippen LogP contribution >= 0.6 is 75.3 Å². The number of methoxy groups -OCH3 is 1. The lowest BCUT2D eigenvalue weighted by molar-refractivity contribution is 0.0925. The maximum atomic E-state index is 13.1. The molecule has 1 aliphatic rings. The monoisotopic (exact) mass is 718 g/mol. The first-order valence-corrected chi connectivity index (χ1v) is 12.7. The summed E-state index contributed by atoms with van der Waals surface area (Å²) in [6, 6.07) is 11.0. The van der Waals surface area contributed by atoms with Crippen LogP contribution in [0.15, 0.2) is 60.4 Å². The zero-order valence-corrected chi connectivity index (χ0v) is 23.6. The molecule has 1 heterocycles. The fraction of sp³-hybridized carbons (Fsp3) is 0.0455. The molecule has 0 fully saturated rings. The molecule has 3 aromatic rings. The number of rotatable bonds is 4. The van der Waals surface area contributed by atoms with Crippen LogP contribution in [-0.4, -0.2) is 24.8 Å². The summed E-state index contributed by atoms with van der Waals surface area (Å²) in [6.07, 6.45) is 0. The van der Waals surface area contributed by atoms with Crippen LogP contribution in [0, 0.1) is 0 Å². The maximum Gasteiger partial charge on any atom is 0.267 e. The number of nitrogens with one attached hydrogen (secondary N) is 1. The first kappa shape index (κ1) is 24.4. The third kappa shape index (κ3) is 4.27. The van der Waals surface area contributed by atoms with Crippen molar-refractivity contribution in [2.24, 2.45) is 0 Å². The second-order valence-electron chi connectivity index (χ2n) is 6.80. The van der Waals surface area contributed by atoms with Crippen molar-refractivity contribution in [3.05, 3.63) is 82.1 Å². The minimum Gasteiger partial charge on any atom is -0.495 e. The molecule has 0 radical (unpaired) electrons. The third-order valence-electron chi connectivity index (χ3n) is 4.90. The van der Waals surface area contributed by atoms with E-state index in [2.05, 4.69) is 69.0 Å². The number of fused-ring (bicyclic) bond motifs is 1. The smallest absolute Gasteiger partial charge is 0.267 e. The number of carbonyl (C=O) groups is 3. The standard InChI is InChI=1S/C22H11Br4ClN2O4/c1-33-13-7-4-10(27)8-12(13)28-20(30)9-2-5-11(6-3-9)29-21(31)14-15(22(29)32)17(24)19(26)18(25)16(14)23/h2-8H,1H3,(H,28,30). The van der Waals surface area contributed by atoms with Crippen molar-refractivity contribution >= 4 is 104 Å². The van der Waals surface area contributed by atoms with Crippen LogP contribution in [0.4, 0.5) is 11.4 Å². The van der Waals surface area contributed by atoms with E-state index in [1.807, 2.05) is 0 Å². The van der Waals surface area contributed by atoms with Crippen molar-refractivity contribution in [1.29, 1.82) is 0 Å². The van der Waals surface area contributed by atoms with Crippen LogP contribution in [0.25, 0.3) is 0 Å². The van der Waals surface area contributed by atoms with Gasteiger partial charge in [-0.05, 0) is 106 Å². The summed E-state index contributed by atoms with van der Waals surface area (Å²) in [5.74, 6) is -0.889. The van der Waals surface area contributed by atoms with Crippen LogP contribution in [0.2, 0.25) is 5.02 Å². The topological polar surface area (TPSA) is 75.7 Å². The predicted octanol–water partition coefficient (Wildman–Crippen LogP) is 7.45. The second kappa shape index (κ2) is 9.50. The van der Waals surface area contributed by atoms with Gasteiger partial charge in [0.25, 0.3) is 17.7 Å². The van der Waals surface area contributed by atoms with E-state index >= 15 is 0 Å². The van der Waals surface area contributed by atoms with E-state index in [1.165, 1.54) is 31.4 Å². The van der Waals surface area contributed by atoms with Gasteiger partial charge in [0.1, 0.15) is 5.75 Å². The van der Waals surface area contributed by atoms with Gasteiger partial charge in [-0.2, -0.15) is 0 Å². The molecule has 4 rings (SSSR count). The Labute approximate surface area is 227 Å². The molecule has 0 spiro atoms. The second-order valence-corrected chi connectivity index (χ2v) is 10.4. The minimum atomic E-state index is -0.475. The Bertz CT molecular complexity index is 1300. The summed E-state index contributed by atoms with van der Waals surface area (Å²) in [6.45, 7) is 0. The highest BCUT2D eigenvalue weighted by atomic mass is 79.9. The van der Waals surface area contributed by atoms with Gasteiger partial charge in [-0.3, -0.25) is 14.4 Å². The molecule has 6 nitrogen and oxygen atoms in total. The number of hydrogen-bond donors (Lipinski definition) is 1. The van der Waals surface area contributed by atoms with E-state index < -0.39 is 17.7 Å². The van der Waals surface area contributed by atoms with Crippen LogP contribution in [0.3, 0.4) is 0 Å². The van der Waals surface area contributed by atoms with Gasteiger partial charge in [0.15, 0.2) is 0 Å². The molecule has 0 aromatic heterocycles. The zero-order valence-electron chi connectivity index (χ0n) is 16.5. The van der Waals surface area contributed by atoms with Crippen molar-refractivity contribution in [1.82, 2.24) is 0 Å². The van der Waals surface area contributed by atoms with Gasteiger partial charge in [0.2, 0.25) is 0 Å². The molecular formula is C22H11Br4ClN2O4. The number of hydrogen-bond acceptors (Lipinski definition) is 4. The number of nitrogens with zero attached hydrogens (tertiary/aromatic N) is 1. The third-order valence-corrected chi connectivity index (χ3v) is 9.90. The van der Waals surface area contributed by atoms with E-state index in [0.717, 1.165) is 4.90 Å². The van der Waals surface area contributed by atoms with Gasteiger partial charge in [-0.25, -0.2) is 4.90 Å². The fourth-order valence-corrected chi connectivity index (χ4v) is 5.95. The highest BCUT2D eigenvalue weighted by molar-refractivity contribution is 9.15. The summed E-state index contributed by atoms with van der Waals surface area (Å²) < 4.78 is 7.41. The lowest BCUT2D eigenvalue weighted by Gasteiger charge is -2.15. The quantitative estimate of drug-likeness (QED) is 0.173. The van der Waals surface area contributed by atoms with Gasteiger partial charge in [-0.1, -0.05) is 11.6 Å². The highest BCUT2D eigenvalue weighted by Gasteiger charge is 2.41. The van der Waals surface area contributed by atoms with E-state index in [-0.39, 0.29) is 11.1 Å². The first-order chi connectivity index (χ1) is 15.6. The molecule has 0 aliphatic carbocycles. The number of anilines is 2. The predicted molar refractivity (Wildman–Crippen MR) is 141 cm³/mol. The van der Waals surface area contributed by atoms with Gasteiger partial charge in [0.05, 0.1) is 29.6 Å². The average molecular weight is 722 g/mol. The Kier molecular flexibility index (Phi) is 7.02. The number of halogens is 5. The Morgan fingerprint density at radius 2 is 1.42 bits per heavy atom. The zero-order chi connectivity index (χ0) is 24.0. The molecule has 3 amide bonds. The number of benzene rings is 3. The van der Waals surface area contributed by atoms with Gasteiger partial charge in [-0.15, -0.1) is 0 Å². The van der Waals surface area contributed by atoms with E-state index in [9.17, 15) is 14.4 Å². The molecule has 0 saturated heterocycles. The SMILES string of the molecule is COc1ccc(Cl)cc1NC(=O)c1ccc(N2C(=O)c3c(Br)c(Br)c(Br)c(Br)c3C2=O)cc1. The molecule has 0 saturated carbocycles. The maximum absolute atomic E-state index is 13.1. The molecule has 0 atom stereocenters. The van der Waals surface area contributed by atoms with E-state index in [4.69, 9.17) is 16.3 Å². The Morgan fingerprint density at radius 3 is 1.94 bits per heavy atom. The summed E-state index contributed by atoms with van der Waals surface area (Å²) in [7, 11) is 1.49. The number of imide groups is 1. The van der Waals surface area contributed by atoms with Crippen LogP contribution < -0.4 is 15.0 Å². The van der Waals surface area contributed by atoms with Crippen molar-refractivity contribution in [3.8, 4) is 5.75 Å². The minimum absolute atomic E-state index is 0.247. The molecule has 3 aromatic carbocycles. The average Bonchev–Trinajstić information content (AvgIpc) is 3.06. The Morgan fingerprint density at radius 1 is 0.879 bits per heavy atom. The summed E-state index contributed by atoms with van der Waals surface area (Å²) in [5, 5.41) is 3.19. The molecule has 11 heteroatoms. The fourth-order valence-electron chi connectivity index (χ4n) is 3.32. The largest absolute Gasteiger partial charge is 0.495 e. The summed E-state index contributed by atoms with van der Waals surface area (Å²) >= 11 is 19.6. The van der Waals surface area contributed by atoms with Crippen LogP contribution in [0.5, 0.6) is 5.75 Å². The van der Waals surface area contributed by atoms with Crippen molar-refractivity contribution in [2.45, 2.75) is 0 Å². The summed E-state index contributed by atoms with van der Waals surface area (Å²) in [5.41, 5.74) is 1.58. The van der Waals surface area contributed by atoms with Gasteiger partial charge in [0, 0.05) is 28.5 Å². The summed E-state index contributed by atoms with van der Waals surface area (Å²) in [4.78, 5) is 40.0. The molecule has 0 unspecified atom stereocenters. The van der Waals surface area contributed by atoms with Crippen molar-refractivity contribution < 1.29 is 19.1 Å².